The molecule has 2 saturated heterocycles. The van der Waals surface area contributed by atoms with Gasteiger partial charge in [-0.05, 0) is 18.6 Å². The summed E-state index contributed by atoms with van der Waals surface area (Å²) in [6, 6.07) is 0. The van der Waals surface area contributed by atoms with Crippen molar-refractivity contribution in [3.05, 3.63) is 0 Å². The molecule has 0 aromatic carbocycles. The molecule has 2 fully saturated rings. The predicted octanol–water partition coefficient (Wildman–Crippen LogP) is 0.323. The highest BCUT2D eigenvalue weighted by Gasteiger charge is 2.50. The van der Waals surface area contributed by atoms with Gasteiger partial charge in [-0.15, -0.1) is 0 Å². The van der Waals surface area contributed by atoms with E-state index in [1.807, 2.05) is 0 Å². The number of thiol groups is 1. The molecule has 0 saturated carbocycles. The Morgan fingerprint density at radius 3 is 2.78 bits per heavy atom. The zero-order chi connectivity index (χ0) is 13.3. The van der Waals surface area contributed by atoms with Crippen molar-refractivity contribution in [3.8, 4) is 0 Å². The van der Waals surface area contributed by atoms with Crippen LogP contribution >= 0.6 is 12.6 Å². The first kappa shape index (κ1) is 13.0. The van der Waals surface area contributed by atoms with Crippen LogP contribution in [0.5, 0.6) is 0 Å². The van der Waals surface area contributed by atoms with Gasteiger partial charge in [0.05, 0.1) is 0 Å². The number of fused-ring (bicyclic) bond motifs is 1. The molecule has 0 bridgehead atoms. The second kappa shape index (κ2) is 5.05. The molecule has 0 radical (unpaired) electrons. The maximum atomic E-state index is 12.1. The molecule has 2 unspecified atom stereocenters. The number of ether oxygens (including phenoxy) is 1. The fourth-order valence-electron chi connectivity index (χ4n) is 2.32. The summed E-state index contributed by atoms with van der Waals surface area (Å²) in [7, 11) is 0. The summed E-state index contributed by atoms with van der Waals surface area (Å²) >= 11 is 4.02. The summed E-state index contributed by atoms with van der Waals surface area (Å²) in [6.45, 7) is 0.424. The van der Waals surface area contributed by atoms with E-state index in [0.29, 0.717) is 31.6 Å². The molecule has 2 amide bonds. The van der Waals surface area contributed by atoms with Crippen LogP contribution in [0.15, 0.2) is 0 Å². The number of hydrazine groups is 1. The minimum atomic E-state index is -1.44. The third-order valence-electron chi connectivity index (χ3n) is 3.08. The van der Waals surface area contributed by atoms with E-state index in [0.717, 1.165) is 5.01 Å². The van der Waals surface area contributed by atoms with Gasteiger partial charge < -0.3 is 9.84 Å². The van der Waals surface area contributed by atoms with Gasteiger partial charge >= 0.3 is 6.16 Å². The summed E-state index contributed by atoms with van der Waals surface area (Å²) in [6.07, 6.45) is -0.957. The van der Waals surface area contributed by atoms with Crippen molar-refractivity contribution >= 4 is 30.6 Å². The maximum Gasteiger partial charge on any atom is 0.507 e. The molecule has 0 aromatic heterocycles. The van der Waals surface area contributed by atoms with Crippen molar-refractivity contribution in [2.75, 3.05) is 12.3 Å². The third-order valence-corrected chi connectivity index (χ3v) is 3.34. The topological polar surface area (TPSA) is 87.1 Å². The van der Waals surface area contributed by atoms with Crippen molar-refractivity contribution in [1.29, 1.82) is 0 Å². The van der Waals surface area contributed by atoms with E-state index < -0.39 is 18.3 Å². The Bertz CT molecular complexity index is 388. The number of carbonyl (C=O) groups is 3. The quantitative estimate of drug-likeness (QED) is 0.440. The molecule has 100 valence electrons. The van der Waals surface area contributed by atoms with Crippen molar-refractivity contribution in [1.82, 2.24) is 10.0 Å². The van der Waals surface area contributed by atoms with Crippen LogP contribution in [0.1, 0.15) is 19.3 Å². The smallest absolute Gasteiger partial charge is 0.450 e. The lowest BCUT2D eigenvalue weighted by atomic mass is 10.1. The Morgan fingerprint density at radius 1 is 1.44 bits per heavy atom. The number of carbonyl (C=O) groups excluding carboxylic acids is 2. The summed E-state index contributed by atoms with van der Waals surface area (Å²) in [5, 5.41) is 11.1. The molecule has 2 heterocycles. The predicted molar refractivity (Wildman–Crippen MR) is 62.7 cm³/mol. The number of hydrogen-bond donors (Lipinski definition) is 2. The van der Waals surface area contributed by atoms with Crippen LogP contribution in [0.25, 0.3) is 0 Å². The Morgan fingerprint density at radius 2 is 2.17 bits per heavy atom. The summed E-state index contributed by atoms with van der Waals surface area (Å²) in [4.78, 5) is 34.7. The fraction of sp³-hybridized carbons (Fsp3) is 0.700. The molecular formula is C10H14N2O5S. The van der Waals surface area contributed by atoms with Crippen molar-refractivity contribution in [2.45, 2.75) is 25.5 Å². The zero-order valence-electron chi connectivity index (χ0n) is 9.61. The van der Waals surface area contributed by atoms with Gasteiger partial charge in [-0.25, -0.2) is 14.8 Å². The van der Waals surface area contributed by atoms with E-state index >= 15 is 0 Å². The van der Waals surface area contributed by atoms with E-state index in [1.165, 1.54) is 5.01 Å². The van der Waals surface area contributed by atoms with E-state index in [-0.39, 0.29) is 11.8 Å². The van der Waals surface area contributed by atoms with Crippen LogP contribution in [0.3, 0.4) is 0 Å². The highest BCUT2D eigenvalue weighted by Crippen LogP contribution is 2.30. The number of carboxylic acid groups (broad SMARTS) is 1. The van der Waals surface area contributed by atoms with Gasteiger partial charge in [0.15, 0.2) is 6.23 Å². The second-order valence-electron chi connectivity index (χ2n) is 4.19. The van der Waals surface area contributed by atoms with E-state index in [1.54, 1.807) is 0 Å². The van der Waals surface area contributed by atoms with Gasteiger partial charge in [0.1, 0.15) is 5.92 Å². The molecule has 2 aliphatic heterocycles. The van der Waals surface area contributed by atoms with Crippen LogP contribution in [0, 0.1) is 5.92 Å². The molecule has 2 rings (SSSR count). The lowest BCUT2D eigenvalue weighted by Crippen LogP contribution is -2.52. The van der Waals surface area contributed by atoms with Crippen LogP contribution in [-0.2, 0) is 14.3 Å². The summed E-state index contributed by atoms with van der Waals surface area (Å²) in [5.41, 5.74) is 0. The monoisotopic (exact) mass is 274 g/mol. The van der Waals surface area contributed by atoms with Crippen molar-refractivity contribution in [2.24, 2.45) is 5.92 Å². The standard InChI is InChI=1S/C10H14N2O5S/c13-8-6(3-5-18)9(14)12-7(17-10(15)16)2-1-4-11(8)12/h6-7,18H,1-5H2,(H,15,16). The zero-order valence-corrected chi connectivity index (χ0v) is 10.5. The van der Waals surface area contributed by atoms with Crippen LogP contribution in [0.4, 0.5) is 4.79 Å². The van der Waals surface area contributed by atoms with Crippen molar-refractivity contribution < 1.29 is 24.2 Å². The lowest BCUT2D eigenvalue weighted by Gasteiger charge is -2.37. The third kappa shape index (κ3) is 2.12. The van der Waals surface area contributed by atoms with E-state index in [2.05, 4.69) is 17.4 Å². The first-order valence-corrected chi connectivity index (χ1v) is 6.34. The largest absolute Gasteiger partial charge is 0.507 e. The number of amides is 2. The SMILES string of the molecule is O=C(O)OC1CCCN2C(=O)C(CCS)C(=O)N12. The van der Waals surface area contributed by atoms with Gasteiger partial charge in [-0.2, -0.15) is 12.6 Å². The van der Waals surface area contributed by atoms with Gasteiger partial charge in [-0.3, -0.25) is 9.59 Å². The molecule has 0 aromatic rings. The van der Waals surface area contributed by atoms with Crippen LogP contribution < -0.4 is 0 Å². The maximum absolute atomic E-state index is 12.1. The normalized spacial score (nSPS) is 27.4. The molecule has 1 N–H and O–H groups in total. The number of nitrogens with zero attached hydrogens (tertiary/aromatic N) is 2. The molecule has 2 atom stereocenters. The van der Waals surface area contributed by atoms with Crippen LogP contribution in [0.2, 0.25) is 0 Å². The fourth-order valence-corrected chi connectivity index (χ4v) is 2.58. The van der Waals surface area contributed by atoms with E-state index in [9.17, 15) is 14.4 Å². The van der Waals surface area contributed by atoms with Gasteiger partial charge in [0.2, 0.25) is 0 Å². The molecule has 7 nitrogen and oxygen atoms in total. The number of hydrogen-bond acceptors (Lipinski definition) is 5. The Labute approximate surface area is 109 Å². The summed E-state index contributed by atoms with van der Waals surface area (Å²) in [5.74, 6) is -0.998. The molecule has 8 heteroatoms. The Hall–Kier alpha value is -1.44. The van der Waals surface area contributed by atoms with Gasteiger partial charge in [0.25, 0.3) is 11.8 Å². The Kier molecular flexibility index (Phi) is 3.65. The first-order valence-electron chi connectivity index (χ1n) is 5.71. The first-order chi connectivity index (χ1) is 8.56. The summed E-state index contributed by atoms with van der Waals surface area (Å²) < 4.78 is 4.66. The molecule has 0 spiro atoms. The second-order valence-corrected chi connectivity index (χ2v) is 4.64. The Balaban J connectivity index is 2.19. The number of rotatable bonds is 3. The highest BCUT2D eigenvalue weighted by atomic mass is 32.1. The highest BCUT2D eigenvalue weighted by molar-refractivity contribution is 7.80. The minimum absolute atomic E-state index is 0.285. The molecule has 18 heavy (non-hydrogen) atoms. The average Bonchev–Trinajstić information content (AvgIpc) is 2.55. The molecular weight excluding hydrogens is 260 g/mol. The van der Waals surface area contributed by atoms with Gasteiger partial charge in [0, 0.05) is 13.0 Å². The van der Waals surface area contributed by atoms with Gasteiger partial charge in [-0.1, -0.05) is 0 Å². The van der Waals surface area contributed by atoms with E-state index in [4.69, 9.17) is 5.11 Å². The molecule has 0 aliphatic carbocycles. The molecule has 2 aliphatic rings. The van der Waals surface area contributed by atoms with Crippen LogP contribution in [-0.4, -0.2) is 51.6 Å². The van der Waals surface area contributed by atoms with Crippen molar-refractivity contribution in [3.63, 3.8) is 0 Å². The average molecular weight is 274 g/mol. The lowest BCUT2D eigenvalue weighted by molar-refractivity contribution is -0.180. The minimum Gasteiger partial charge on any atom is -0.450 e.